The van der Waals surface area contributed by atoms with Crippen molar-refractivity contribution in [1.29, 1.82) is 5.26 Å². The zero-order chi connectivity index (χ0) is 19.4. The monoisotopic (exact) mass is 425 g/mol. The van der Waals surface area contributed by atoms with E-state index >= 15 is 0 Å². The standard InChI is InChI=1S/C22H24BrN3O/c1-15-11-17(16(2)26(15)21-10-6-7-19(23)13-21)12-18(14-24)22(27)25-20-8-4-3-5-9-20/h6-7,10-13,20H,3-5,8-9H2,1-2H3,(H,25,27)/b18-12+. The molecule has 1 saturated carbocycles. The molecule has 140 valence electrons. The summed E-state index contributed by atoms with van der Waals surface area (Å²) in [4.78, 5) is 12.5. The maximum atomic E-state index is 12.5. The summed E-state index contributed by atoms with van der Waals surface area (Å²) in [6.45, 7) is 4.03. The van der Waals surface area contributed by atoms with Crippen molar-refractivity contribution in [3.63, 3.8) is 0 Å². The smallest absolute Gasteiger partial charge is 0.262 e. The lowest BCUT2D eigenvalue weighted by molar-refractivity contribution is -0.117. The molecule has 0 spiro atoms. The number of amides is 1. The minimum absolute atomic E-state index is 0.162. The van der Waals surface area contributed by atoms with Crippen LogP contribution >= 0.6 is 15.9 Å². The number of carbonyl (C=O) groups is 1. The zero-order valence-corrected chi connectivity index (χ0v) is 17.3. The Morgan fingerprint density at radius 2 is 2.00 bits per heavy atom. The zero-order valence-electron chi connectivity index (χ0n) is 15.8. The number of hydrogen-bond acceptors (Lipinski definition) is 2. The number of rotatable bonds is 4. The van der Waals surface area contributed by atoms with E-state index in [0.717, 1.165) is 52.8 Å². The van der Waals surface area contributed by atoms with Crippen molar-refractivity contribution in [3.8, 4) is 11.8 Å². The van der Waals surface area contributed by atoms with Crippen molar-refractivity contribution < 1.29 is 4.79 Å². The summed E-state index contributed by atoms with van der Waals surface area (Å²) in [6, 6.07) is 12.4. The maximum Gasteiger partial charge on any atom is 0.262 e. The summed E-state index contributed by atoms with van der Waals surface area (Å²) in [5, 5.41) is 12.5. The Morgan fingerprint density at radius 1 is 1.26 bits per heavy atom. The molecule has 1 aliphatic rings. The highest BCUT2D eigenvalue weighted by Gasteiger charge is 2.19. The third-order valence-electron chi connectivity index (χ3n) is 5.14. The predicted octanol–water partition coefficient (Wildman–Crippen LogP) is 5.21. The average molecular weight is 426 g/mol. The Hall–Kier alpha value is -2.32. The van der Waals surface area contributed by atoms with Gasteiger partial charge in [0.1, 0.15) is 11.6 Å². The Morgan fingerprint density at radius 3 is 2.67 bits per heavy atom. The van der Waals surface area contributed by atoms with E-state index in [-0.39, 0.29) is 17.5 Å². The summed E-state index contributed by atoms with van der Waals surface area (Å²) >= 11 is 3.51. The topological polar surface area (TPSA) is 57.8 Å². The van der Waals surface area contributed by atoms with Gasteiger partial charge in [0.05, 0.1) is 0 Å². The van der Waals surface area contributed by atoms with E-state index in [2.05, 4.69) is 37.9 Å². The van der Waals surface area contributed by atoms with Gasteiger partial charge in [-0.05, 0) is 62.6 Å². The van der Waals surface area contributed by atoms with Crippen LogP contribution in [0.5, 0.6) is 0 Å². The van der Waals surface area contributed by atoms with Gasteiger partial charge in [-0.3, -0.25) is 4.79 Å². The Bertz CT molecular complexity index is 914. The average Bonchev–Trinajstić information content (AvgIpc) is 2.93. The summed E-state index contributed by atoms with van der Waals surface area (Å²) in [7, 11) is 0. The number of hydrogen-bond donors (Lipinski definition) is 1. The fourth-order valence-electron chi connectivity index (χ4n) is 3.76. The van der Waals surface area contributed by atoms with Gasteiger partial charge in [-0.25, -0.2) is 0 Å². The first-order chi connectivity index (χ1) is 13.0. The third kappa shape index (κ3) is 4.51. The largest absolute Gasteiger partial charge is 0.349 e. The second-order valence-corrected chi connectivity index (χ2v) is 8.04. The van der Waals surface area contributed by atoms with Gasteiger partial charge in [0.2, 0.25) is 0 Å². The lowest BCUT2D eigenvalue weighted by Crippen LogP contribution is -2.36. The molecule has 0 saturated heterocycles. The number of aromatic nitrogens is 1. The van der Waals surface area contributed by atoms with E-state index in [1.165, 1.54) is 6.42 Å². The SMILES string of the molecule is Cc1cc(/C=C(\C#N)C(=O)NC2CCCCC2)c(C)n1-c1cccc(Br)c1. The van der Waals surface area contributed by atoms with Gasteiger partial charge in [-0.15, -0.1) is 0 Å². The molecule has 1 amide bonds. The maximum absolute atomic E-state index is 12.5. The van der Waals surface area contributed by atoms with Gasteiger partial charge in [0, 0.05) is 27.6 Å². The highest BCUT2D eigenvalue weighted by Crippen LogP contribution is 2.25. The molecule has 0 unspecified atom stereocenters. The number of aryl methyl sites for hydroxylation is 1. The van der Waals surface area contributed by atoms with Crippen molar-refractivity contribution in [1.82, 2.24) is 9.88 Å². The molecule has 2 aromatic rings. The van der Waals surface area contributed by atoms with Crippen LogP contribution < -0.4 is 5.32 Å². The molecule has 0 bridgehead atoms. The van der Waals surface area contributed by atoms with Crippen LogP contribution in [-0.2, 0) is 4.79 Å². The van der Waals surface area contributed by atoms with Gasteiger partial charge < -0.3 is 9.88 Å². The van der Waals surface area contributed by atoms with Gasteiger partial charge in [-0.1, -0.05) is 41.3 Å². The number of nitrogens with one attached hydrogen (secondary N) is 1. The molecular weight excluding hydrogens is 402 g/mol. The van der Waals surface area contributed by atoms with Crippen LogP contribution in [0.15, 0.2) is 40.4 Å². The highest BCUT2D eigenvalue weighted by molar-refractivity contribution is 9.10. The van der Waals surface area contributed by atoms with Crippen LogP contribution in [0.4, 0.5) is 0 Å². The minimum Gasteiger partial charge on any atom is -0.349 e. The van der Waals surface area contributed by atoms with Crippen LogP contribution in [-0.4, -0.2) is 16.5 Å². The predicted molar refractivity (Wildman–Crippen MR) is 112 cm³/mol. The van der Waals surface area contributed by atoms with Crippen molar-refractivity contribution in [2.45, 2.75) is 52.0 Å². The van der Waals surface area contributed by atoms with Crippen molar-refractivity contribution in [2.24, 2.45) is 0 Å². The Kier molecular flexibility index (Phi) is 6.18. The van der Waals surface area contributed by atoms with E-state index in [1.54, 1.807) is 6.08 Å². The molecule has 0 aliphatic heterocycles. The molecule has 3 rings (SSSR count). The van der Waals surface area contributed by atoms with E-state index < -0.39 is 0 Å². The van der Waals surface area contributed by atoms with Crippen LogP contribution in [0, 0.1) is 25.2 Å². The molecule has 1 fully saturated rings. The van der Waals surface area contributed by atoms with E-state index in [9.17, 15) is 10.1 Å². The normalized spacial score (nSPS) is 15.4. The fraction of sp³-hybridized carbons (Fsp3) is 0.364. The summed E-state index contributed by atoms with van der Waals surface area (Å²) < 4.78 is 3.14. The first-order valence-corrected chi connectivity index (χ1v) is 10.2. The molecule has 0 radical (unpaired) electrons. The second-order valence-electron chi connectivity index (χ2n) is 7.12. The van der Waals surface area contributed by atoms with Gasteiger partial charge in [-0.2, -0.15) is 5.26 Å². The molecule has 0 atom stereocenters. The van der Waals surface area contributed by atoms with E-state index in [4.69, 9.17) is 0 Å². The lowest BCUT2D eigenvalue weighted by Gasteiger charge is -2.22. The molecule has 1 aromatic heterocycles. The summed E-state index contributed by atoms with van der Waals surface area (Å²) in [5.74, 6) is -0.267. The molecule has 1 heterocycles. The van der Waals surface area contributed by atoms with Gasteiger partial charge in [0.15, 0.2) is 0 Å². The lowest BCUT2D eigenvalue weighted by atomic mass is 9.95. The van der Waals surface area contributed by atoms with Crippen molar-refractivity contribution >= 4 is 27.9 Å². The van der Waals surface area contributed by atoms with Crippen LogP contribution in [0.2, 0.25) is 0 Å². The molecule has 1 aliphatic carbocycles. The molecule has 1 aromatic carbocycles. The number of carbonyl (C=O) groups excluding carboxylic acids is 1. The van der Waals surface area contributed by atoms with Crippen LogP contribution in [0.3, 0.4) is 0 Å². The minimum atomic E-state index is -0.267. The molecule has 5 heteroatoms. The van der Waals surface area contributed by atoms with Gasteiger partial charge >= 0.3 is 0 Å². The molecule has 27 heavy (non-hydrogen) atoms. The molecule has 4 nitrogen and oxygen atoms in total. The number of halogens is 1. The van der Waals surface area contributed by atoms with Crippen LogP contribution in [0.25, 0.3) is 11.8 Å². The van der Waals surface area contributed by atoms with Gasteiger partial charge in [0.25, 0.3) is 5.91 Å². The first kappa shape index (κ1) is 19.4. The highest BCUT2D eigenvalue weighted by atomic mass is 79.9. The van der Waals surface area contributed by atoms with Crippen LogP contribution in [0.1, 0.15) is 49.1 Å². The van der Waals surface area contributed by atoms with Crippen molar-refractivity contribution in [3.05, 3.63) is 57.3 Å². The quantitative estimate of drug-likeness (QED) is 0.539. The van der Waals surface area contributed by atoms with E-state index in [1.807, 2.05) is 38.1 Å². The number of nitrogens with zero attached hydrogens (tertiary/aromatic N) is 2. The third-order valence-corrected chi connectivity index (χ3v) is 5.64. The Labute approximate surface area is 169 Å². The van der Waals surface area contributed by atoms with Crippen molar-refractivity contribution in [2.75, 3.05) is 0 Å². The summed E-state index contributed by atoms with van der Waals surface area (Å²) in [6.07, 6.45) is 7.22. The number of benzene rings is 1. The first-order valence-electron chi connectivity index (χ1n) is 9.37. The molecular formula is C22H24BrN3O. The van der Waals surface area contributed by atoms with E-state index in [0.29, 0.717) is 0 Å². The number of nitriles is 1. The second kappa shape index (κ2) is 8.58. The molecule has 1 N–H and O–H groups in total. The Balaban J connectivity index is 1.87. The fourth-order valence-corrected chi connectivity index (χ4v) is 4.15. The summed E-state index contributed by atoms with van der Waals surface area (Å²) in [5.41, 5.74) is 4.16.